The Morgan fingerprint density at radius 2 is 2.11 bits per heavy atom. The van der Waals surface area contributed by atoms with Crippen LogP contribution in [0.5, 0.6) is 0 Å². The van der Waals surface area contributed by atoms with Crippen molar-refractivity contribution in [1.82, 2.24) is 15.4 Å². The Balaban J connectivity index is 2.23. The molecule has 0 aliphatic rings. The van der Waals surface area contributed by atoms with Crippen molar-refractivity contribution in [2.75, 3.05) is 0 Å². The maximum absolute atomic E-state index is 13.6. The van der Waals surface area contributed by atoms with Gasteiger partial charge in [-0.15, -0.1) is 0 Å². The van der Waals surface area contributed by atoms with Crippen molar-refractivity contribution >= 4 is 0 Å². The van der Waals surface area contributed by atoms with Crippen molar-refractivity contribution < 1.29 is 4.39 Å². The quantitative estimate of drug-likeness (QED) is 0.636. The number of nitrogens with zero attached hydrogens (tertiary/aromatic N) is 2. The first-order valence-corrected chi connectivity index (χ1v) is 5.70. The third-order valence-corrected chi connectivity index (χ3v) is 2.74. The summed E-state index contributed by atoms with van der Waals surface area (Å²) in [6, 6.07) is 8.19. The zero-order valence-corrected chi connectivity index (χ0v) is 10.1. The van der Waals surface area contributed by atoms with Crippen molar-refractivity contribution in [3.05, 3.63) is 59.4 Å². The molecular weight excluding hydrogens is 231 g/mol. The fraction of sp³-hybridized carbons (Fsp3) is 0.231. The predicted molar refractivity (Wildman–Crippen MR) is 66.9 cm³/mol. The van der Waals surface area contributed by atoms with Gasteiger partial charge in [0.15, 0.2) is 0 Å². The SMILES string of the molecule is Cc1nccc(C(Cc2ccccc2F)NN)n1. The lowest BCUT2D eigenvalue weighted by Gasteiger charge is -2.16. The van der Waals surface area contributed by atoms with Crippen LogP contribution in [0.3, 0.4) is 0 Å². The molecule has 0 fully saturated rings. The molecule has 18 heavy (non-hydrogen) atoms. The molecule has 2 rings (SSSR count). The van der Waals surface area contributed by atoms with Crippen LogP contribution in [-0.4, -0.2) is 9.97 Å². The summed E-state index contributed by atoms with van der Waals surface area (Å²) < 4.78 is 13.6. The minimum atomic E-state index is -0.233. The zero-order chi connectivity index (χ0) is 13.0. The second kappa shape index (κ2) is 5.66. The summed E-state index contributed by atoms with van der Waals surface area (Å²) >= 11 is 0. The highest BCUT2D eigenvalue weighted by Crippen LogP contribution is 2.17. The van der Waals surface area contributed by atoms with Gasteiger partial charge in [0, 0.05) is 6.20 Å². The largest absolute Gasteiger partial charge is 0.271 e. The summed E-state index contributed by atoms with van der Waals surface area (Å²) in [5, 5.41) is 0. The number of aromatic nitrogens is 2. The minimum Gasteiger partial charge on any atom is -0.271 e. The van der Waals surface area contributed by atoms with Crippen molar-refractivity contribution in [2.45, 2.75) is 19.4 Å². The molecule has 4 nitrogen and oxygen atoms in total. The van der Waals surface area contributed by atoms with Gasteiger partial charge in [-0.3, -0.25) is 11.3 Å². The fourth-order valence-corrected chi connectivity index (χ4v) is 1.80. The lowest BCUT2D eigenvalue weighted by molar-refractivity contribution is 0.517. The number of nitrogens with two attached hydrogens (primary N) is 1. The van der Waals surface area contributed by atoms with E-state index >= 15 is 0 Å². The Morgan fingerprint density at radius 3 is 2.78 bits per heavy atom. The lowest BCUT2D eigenvalue weighted by atomic mass is 10.0. The van der Waals surface area contributed by atoms with Gasteiger partial charge in [-0.2, -0.15) is 0 Å². The minimum absolute atomic E-state index is 0.233. The van der Waals surface area contributed by atoms with E-state index in [1.807, 2.05) is 0 Å². The number of nitrogens with one attached hydrogen (secondary N) is 1. The topological polar surface area (TPSA) is 63.8 Å². The van der Waals surface area contributed by atoms with Crippen LogP contribution in [0.25, 0.3) is 0 Å². The molecule has 1 aromatic heterocycles. The average molecular weight is 246 g/mol. The van der Waals surface area contributed by atoms with Crippen molar-refractivity contribution in [3.63, 3.8) is 0 Å². The molecule has 3 N–H and O–H groups in total. The maximum atomic E-state index is 13.6. The number of hydrazine groups is 1. The van der Waals surface area contributed by atoms with Gasteiger partial charge in [0.25, 0.3) is 0 Å². The summed E-state index contributed by atoms with van der Waals surface area (Å²) in [6.45, 7) is 1.81. The summed E-state index contributed by atoms with van der Waals surface area (Å²) in [5.41, 5.74) is 4.03. The van der Waals surface area contributed by atoms with E-state index < -0.39 is 0 Å². The van der Waals surface area contributed by atoms with E-state index in [1.165, 1.54) is 6.07 Å². The average Bonchev–Trinajstić information content (AvgIpc) is 2.38. The van der Waals surface area contributed by atoms with E-state index in [-0.39, 0.29) is 11.9 Å². The van der Waals surface area contributed by atoms with E-state index in [0.29, 0.717) is 17.8 Å². The normalized spacial score (nSPS) is 12.4. The molecule has 0 radical (unpaired) electrons. The van der Waals surface area contributed by atoms with Crippen LogP contribution in [-0.2, 0) is 6.42 Å². The smallest absolute Gasteiger partial charge is 0.126 e. The molecule has 1 atom stereocenters. The molecule has 2 aromatic rings. The number of benzene rings is 1. The Hall–Kier alpha value is -1.85. The van der Waals surface area contributed by atoms with Crippen LogP contribution in [0.15, 0.2) is 36.5 Å². The Kier molecular flexibility index (Phi) is 3.96. The standard InChI is InChI=1S/C13H15FN4/c1-9-16-7-6-12(17-9)13(18-15)8-10-4-2-3-5-11(10)14/h2-7,13,18H,8,15H2,1H3. The monoisotopic (exact) mass is 246 g/mol. The van der Waals surface area contributed by atoms with Gasteiger partial charge in [-0.1, -0.05) is 18.2 Å². The number of rotatable bonds is 4. The molecule has 1 unspecified atom stereocenters. The van der Waals surface area contributed by atoms with Crippen molar-refractivity contribution in [3.8, 4) is 0 Å². The molecule has 0 amide bonds. The highest BCUT2D eigenvalue weighted by molar-refractivity contribution is 5.20. The van der Waals surface area contributed by atoms with Crippen LogP contribution in [0.4, 0.5) is 4.39 Å². The van der Waals surface area contributed by atoms with E-state index in [0.717, 1.165) is 5.69 Å². The molecular formula is C13H15FN4. The van der Waals surface area contributed by atoms with Gasteiger partial charge in [0.05, 0.1) is 11.7 Å². The van der Waals surface area contributed by atoms with Crippen LogP contribution < -0.4 is 11.3 Å². The Morgan fingerprint density at radius 1 is 1.33 bits per heavy atom. The molecule has 5 heteroatoms. The Labute approximate surface area is 105 Å². The van der Waals surface area contributed by atoms with Crippen molar-refractivity contribution in [2.24, 2.45) is 5.84 Å². The first-order chi connectivity index (χ1) is 8.70. The third kappa shape index (κ3) is 2.88. The summed E-state index contributed by atoms with van der Waals surface area (Å²) in [4.78, 5) is 8.32. The van der Waals surface area contributed by atoms with E-state index in [1.54, 1.807) is 37.4 Å². The summed E-state index contributed by atoms with van der Waals surface area (Å²) in [5.74, 6) is 5.95. The molecule has 0 aliphatic carbocycles. The maximum Gasteiger partial charge on any atom is 0.126 e. The van der Waals surface area contributed by atoms with E-state index in [9.17, 15) is 4.39 Å². The molecule has 1 aromatic carbocycles. The van der Waals surface area contributed by atoms with E-state index in [4.69, 9.17) is 5.84 Å². The fourth-order valence-electron chi connectivity index (χ4n) is 1.80. The number of hydrogen-bond acceptors (Lipinski definition) is 4. The molecule has 0 spiro atoms. The molecule has 94 valence electrons. The first kappa shape index (κ1) is 12.6. The molecule has 1 heterocycles. The van der Waals surface area contributed by atoms with Gasteiger partial charge >= 0.3 is 0 Å². The Bertz CT molecular complexity index is 530. The van der Waals surface area contributed by atoms with E-state index in [2.05, 4.69) is 15.4 Å². The highest BCUT2D eigenvalue weighted by atomic mass is 19.1. The number of halogens is 1. The van der Waals surface area contributed by atoms with Crippen LogP contribution in [0.1, 0.15) is 23.1 Å². The zero-order valence-electron chi connectivity index (χ0n) is 10.1. The molecule has 0 bridgehead atoms. The third-order valence-electron chi connectivity index (χ3n) is 2.74. The second-order valence-corrected chi connectivity index (χ2v) is 4.04. The molecule has 0 saturated carbocycles. The molecule has 0 aliphatic heterocycles. The van der Waals surface area contributed by atoms with Gasteiger partial charge < -0.3 is 0 Å². The summed E-state index contributed by atoms with van der Waals surface area (Å²) in [6.07, 6.45) is 2.11. The van der Waals surface area contributed by atoms with Crippen LogP contribution in [0.2, 0.25) is 0 Å². The van der Waals surface area contributed by atoms with Crippen LogP contribution >= 0.6 is 0 Å². The summed E-state index contributed by atoms with van der Waals surface area (Å²) in [7, 11) is 0. The predicted octanol–water partition coefficient (Wildman–Crippen LogP) is 1.67. The van der Waals surface area contributed by atoms with Gasteiger partial charge in [-0.25, -0.2) is 14.4 Å². The van der Waals surface area contributed by atoms with Gasteiger partial charge in [0.1, 0.15) is 11.6 Å². The number of aryl methyl sites for hydroxylation is 1. The second-order valence-electron chi connectivity index (χ2n) is 4.04. The lowest BCUT2D eigenvalue weighted by Crippen LogP contribution is -2.30. The molecule has 0 saturated heterocycles. The number of hydrogen-bond donors (Lipinski definition) is 2. The van der Waals surface area contributed by atoms with Gasteiger partial charge in [0.2, 0.25) is 0 Å². The van der Waals surface area contributed by atoms with Gasteiger partial charge in [-0.05, 0) is 31.0 Å². The highest BCUT2D eigenvalue weighted by Gasteiger charge is 2.14. The van der Waals surface area contributed by atoms with Crippen LogP contribution in [0, 0.1) is 12.7 Å². The first-order valence-electron chi connectivity index (χ1n) is 5.70. The van der Waals surface area contributed by atoms with Crippen molar-refractivity contribution in [1.29, 1.82) is 0 Å².